The van der Waals surface area contributed by atoms with Gasteiger partial charge in [0.15, 0.2) is 0 Å². The van der Waals surface area contributed by atoms with Crippen LogP contribution in [0.15, 0.2) is 60.2 Å². The van der Waals surface area contributed by atoms with E-state index in [0.29, 0.717) is 6.61 Å². The zero-order valence-corrected chi connectivity index (χ0v) is 12.5. The molecular weight excluding hydrogens is 260 g/mol. The van der Waals surface area contributed by atoms with E-state index in [4.69, 9.17) is 4.74 Å². The van der Waals surface area contributed by atoms with Crippen LogP contribution in [0.2, 0.25) is 0 Å². The number of ether oxygens (including phenoxy) is 1. The lowest BCUT2D eigenvalue weighted by molar-refractivity contribution is -0.104. The predicted molar refractivity (Wildman–Crippen MR) is 86.2 cm³/mol. The molecule has 0 heterocycles. The van der Waals surface area contributed by atoms with Crippen LogP contribution in [0, 0.1) is 0 Å². The summed E-state index contributed by atoms with van der Waals surface area (Å²) in [6, 6.07) is 18.0. The van der Waals surface area contributed by atoms with Crippen LogP contribution in [0.5, 0.6) is 5.75 Å². The Hall–Kier alpha value is -2.35. The summed E-state index contributed by atoms with van der Waals surface area (Å²) >= 11 is 0. The maximum Gasteiger partial charge on any atom is 0.146 e. The van der Waals surface area contributed by atoms with E-state index < -0.39 is 0 Å². The van der Waals surface area contributed by atoms with E-state index in [2.05, 4.69) is 6.92 Å². The van der Waals surface area contributed by atoms with Gasteiger partial charge in [-0.2, -0.15) is 0 Å². The van der Waals surface area contributed by atoms with Gasteiger partial charge in [0.2, 0.25) is 0 Å². The fraction of sp³-hybridized carbons (Fsp3) is 0.211. The molecule has 0 atom stereocenters. The Balaban J connectivity index is 2.16. The number of carbonyl (C=O) groups excluding carboxylic acids is 1. The van der Waals surface area contributed by atoms with Crippen molar-refractivity contribution in [3.63, 3.8) is 0 Å². The monoisotopic (exact) mass is 280 g/mol. The normalized spacial score (nSPS) is 11.7. The topological polar surface area (TPSA) is 26.3 Å². The van der Waals surface area contributed by atoms with Crippen molar-refractivity contribution in [1.29, 1.82) is 0 Å². The molecular formula is C19H20O2. The van der Waals surface area contributed by atoms with Crippen LogP contribution < -0.4 is 4.74 Å². The summed E-state index contributed by atoms with van der Waals surface area (Å²) in [5, 5.41) is 0. The number of rotatable bonds is 6. The molecule has 2 aromatic carbocycles. The van der Waals surface area contributed by atoms with Gasteiger partial charge in [-0.25, -0.2) is 0 Å². The first kappa shape index (κ1) is 15.0. The molecule has 2 rings (SSSR count). The van der Waals surface area contributed by atoms with Crippen molar-refractivity contribution in [2.75, 3.05) is 0 Å². The lowest BCUT2D eigenvalue weighted by atomic mass is 9.99. The SMILES string of the molecule is CC/C(=C(/C)C=O)c1cccc(OCc2ccccc2)c1. The van der Waals surface area contributed by atoms with Gasteiger partial charge in [0.05, 0.1) is 0 Å². The number of hydrogen-bond acceptors (Lipinski definition) is 2. The molecule has 0 spiro atoms. The van der Waals surface area contributed by atoms with E-state index >= 15 is 0 Å². The maximum atomic E-state index is 11.0. The molecule has 0 aliphatic carbocycles. The van der Waals surface area contributed by atoms with E-state index in [1.807, 2.05) is 61.5 Å². The summed E-state index contributed by atoms with van der Waals surface area (Å²) in [5.41, 5.74) is 4.03. The molecule has 0 fully saturated rings. The lowest BCUT2D eigenvalue weighted by Crippen LogP contribution is -1.96. The summed E-state index contributed by atoms with van der Waals surface area (Å²) in [6.07, 6.45) is 1.74. The van der Waals surface area contributed by atoms with E-state index in [9.17, 15) is 4.79 Å². The molecule has 0 aliphatic rings. The Kier molecular flexibility index (Phi) is 5.33. The second-order valence-electron chi connectivity index (χ2n) is 4.94. The van der Waals surface area contributed by atoms with Crippen molar-refractivity contribution in [3.8, 4) is 5.75 Å². The number of carbonyl (C=O) groups is 1. The molecule has 108 valence electrons. The first-order valence-corrected chi connectivity index (χ1v) is 7.16. The molecule has 21 heavy (non-hydrogen) atoms. The number of aldehydes is 1. The zero-order valence-electron chi connectivity index (χ0n) is 12.5. The van der Waals surface area contributed by atoms with Crippen molar-refractivity contribution in [2.24, 2.45) is 0 Å². The lowest BCUT2D eigenvalue weighted by Gasteiger charge is -2.11. The number of benzene rings is 2. The fourth-order valence-corrected chi connectivity index (χ4v) is 2.30. The van der Waals surface area contributed by atoms with Crippen LogP contribution in [0.3, 0.4) is 0 Å². The van der Waals surface area contributed by atoms with Gasteiger partial charge in [0, 0.05) is 0 Å². The van der Waals surface area contributed by atoms with Crippen LogP contribution in [-0.2, 0) is 11.4 Å². The Bertz CT molecular complexity index is 627. The third-order valence-corrected chi connectivity index (χ3v) is 3.44. The van der Waals surface area contributed by atoms with Gasteiger partial charge < -0.3 is 4.74 Å². The first-order valence-electron chi connectivity index (χ1n) is 7.16. The molecule has 0 saturated carbocycles. The van der Waals surface area contributed by atoms with Crippen molar-refractivity contribution in [2.45, 2.75) is 26.9 Å². The summed E-state index contributed by atoms with van der Waals surface area (Å²) in [5.74, 6) is 0.820. The number of allylic oxidation sites excluding steroid dienone is 2. The van der Waals surface area contributed by atoms with Crippen molar-refractivity contribution in [1.82, 2.24) is 0 Å². The fourth-order valence-electron chi connectivity index (χ4n) is 2.30. The van der Waals surface area contributed by atoms with E-state index in [1.54, 1.807) is 0 Å². The zero-order chi connectivity index (χ0) is 15.1. The molecule has 2 aromatic rings. The third-order valence-electron chi connectivity index (χ3n) is 3.44. The predicted octanol–water partition coefficient (Wildman–Crippen LogP) is 4.65. The Morgan fingerprint density at radius 1 is 1.10 bits per heavy atom. The molecule has 0 radical (unpaired) electrons. The van der Waals surface area contributed by atoms with Gasteiger partial charge in [-0.05, 0) is 47.8 Å². The molecule has 2 heteroatoms. The molecule has 2 nitrogen and oxygen atoms in total. The Labute approximate surface area is 126 Å². The summed E-state index contributed by atoms with van der Waals surface area (Å²) in [4.78, 5) is 11.0. The minimum atomic E-state index is 0.544. The highest BCUT2D eigenvalue weighted by atomic mass is 16.5. The van der Waals surface area contributed by atoms with Gasteiger partial charge in [0.25, 0.3) is 0 Å². The van der Waals surface area contributed by atoms with Crippen molar-refractivity contribution >= 4 is 11.9 Å². The van der Waals surface area contributed by atoms with E-state index in [1.165, 1.54) is 0 Å². The molecule has 0 aliphatic heterocycles. The molecule has 0 N–H and O–H groups in total. The summed E-state index contributed by atoms with van der Waals surface area (Å²) in [7, 11) is 0. The molecule has 0 bridgehead atoms. The highest BCUT2D eigenvalue weighted by Gasteiger charge is 2.05. The minimum Gasteiger partial charge on any atom is -0.489 e. The minimum absolute atomic E-state index is 0.544. The van der Waals surface area contributed by atoms with Gasteiger partial charge in [-0.3, -0.25) is 4.79 Å². The molecule has 0 saturated heterocycles. The van der Waals surface area contributed by atoms with E-state index in [-0.39, 0.29) is 0 Å². The Morgan fingerprint density at radius 2 is 1.86 bits per heavy atom. The highest BCUT2D eigenvalue weighted by molar-refractivity contribution is 5.87. The average Bonchev–Trinajstić information content (AvgIpc) is 2.55. The van der Waals surface area contributed by atoms with E-state index in [0.717, 1.165) is 40.7 Å². The standard InChI is InChI=1S/C19H20O2/c1-3-19(15(2)13-20)17-10-7-11-18(12-17)21-14-16-8-5-4-6-9-16/h4-13H,3,14H2,1-2H3/b19-15+. The molecule has 0 unspecified atom stereocenters. The van der Waals surface area contributed by atoms with Crippen LogP contribution in [0.4, 0.5) is 0 Å². The summed E-state index contributed by atoms with van der Waals surface area (Å²) in [6.45, 7) is 4.45. The van der Waals surface area contributed by atoms with Gasteiger partial charge in [0.1, 0.15) is 18.6 Å². The second kappa shape index (κ2) is 7.44. The van der Waals surface area contributed by atoms with Crippen molar-refractivity contribution in [3.05, 3.63) is 71.3 Å². The van der Waals surface area contributed by atoms with Crippen LogP contribution in [-0.4, -0.2) is 6.29 Å². The molecule has 0 aromatic heterocycles. The van der Waals surface area contributed by atoms with Crippen LogP contribution >= 0.6 is 0 Å². The number of hydrogen-bond donors (Lipinski definition) is 0. The Morgan fingerprint density at radius 3 is 2.52 bits per heavy atom. The van der Waals surface area contributed by atoms with Crippen LogP contribution in [0.25, 0.3) is 5.57 Å². The largest absolute Gasteiger partial charge is 0.489 e. The van der Waals surface area contributed by atoms with Gasteiger partial charge >= 0.3 is 0 Å². The highest BCUT2D eigenvalue weighted by Crippen LogP contribution is 2.25. The van der Waals surface area contributed by atoms with Gasteiger partial charge in [-0.15, -0.1) is 0 Å². The smallest absolute Gasteiger partial charge is 0.146 e. The van der Waals surface area contributed by atoms with Crippen LogP contribution in [0.1, 0.15) is 31.4 Å². The average molecular weight is 280 g/mol. The second-order valence-corrected chi connectivity index (χ2v) is 4.94. The maximum absolute atomic E-state index is 11.0. The quantitative estimate of drug-likeness (QED) is 0.569. The van der Waals surface area contributed by atoms with Crippen molar-refractivity contribution < 1.29 is 9.53 Å². The molecule has 0 amide bonds. The first-order chi connectivity index (χ1) is 10.2. The van der Waals surface area contributed by atoms with Gasteiger partial charge in [-0.1, -0.05) is 49.4 Å². The third kappa shape index (κ3) is 4.06. The summed E-state index contributed by atoms with van der Waals surface area (Å²) < 4.78 is 5.83.